The Morgan fingerprint density at radius 3 is 2.63 bits per heavy atom. The average molecular weight is 269 g/mol. The van der Waals surface area contributed by atoms with E-state index in [1.165, 1.54) is 6.20 Å². The molecule has 19 heavy (non-hydrogen) atoms. The topological polar surface area (TPSA) is 117 Å². The number of hydrogen-bond donors (Lipinski definition) is 3. The highest BCUT2D eigenvalue weighted by Gasteiger charge is 2.13. The molecule has 0 aliphatic carbocycles. The van der Waals surface area contributed by atoms with Gasteiger partial charge in [0.05, 0.1) is 25.1 Å². The number of aliphatic hydroxyl groups excluding tert-OH is 1. The molecule has 3 N–H and O–H groups in total. The third-order valence-corrected chi connectivity index (χ3v) is 2.52. The quantitative estimate of drug-likeness (QED) is 0.643. The third kappa shape index (κ3) is 4.22. The predicted octanol–water partition coefficient (Wildman–Crippen LogP) is 0.496. The first-order valence-electron chi connectivity index (χ1n) is 5.60. The van der Waals surface area contributed by atoms with Crippen molar-refractivity contribution in [1.82, 2.24) is 4.98 Å². The van der Waals surface area contributed by atoms with E-state index in [4.69, 9.17) is 14.9 Å². The zero-order valence-electron chi connectivity index (χ0n) is 10.4. The van der Waals surface area contributed by atoms with Crippen molar-refractivity contribution in [2.75, 3.05) is 0 Å². The number of carboxylic acids is 1. The number of aromatic hydroxyl groups is 1. The van der Waals surface area contributed by atoms with E-state index < -0.39 is 18.5 Å². The minimum absolute atomic E-state index is 0.137. The van der Waals surface area contributed by atoms with Gasteiger partial charge in [-0.2, -0.15) is 0 Å². The molecular formula is C12H15NO6. The molecular weight excluding hydrogens is 254 g/mol. The van der Waals surface area contributed by atoms with Gasteiger partial charge in [-0.15, -0.1) is 0 Å². The normalized spacial score (nSPS) is 10.2. The molecule has 0 radical (unpaired) electrons. The molecule has 1 aromatic rings. The molecule has 0 spiro atoms. The lowest BCUT2D eigenvalue weighted by Gasteiger charge is -2.11. The number of aliphatic carboxylic acids is 1. The number of rotatable bonds is 6. The summed E-state index contributed by atoms with van der Waals surface area (Å²) in [4.78, 5) is 25.4. The van der Waals surface area contributed by atoms with Gasteiger partial charge in [-0.1, -0.05) is 0 Å². The first-order chi connectivity index (χ1) is 8.95. The molecule has 0 saturated heterocycles. The molecule has 0 amide bonds. The van der Waals surface area contributed by atoms with Crippen LogP contribution in [0, 0.1) is 6.92 Å². The van der Waals surface area contributed by atoms with E-state index in [2.05, 4.69) is 4.98 Å². The van der Waals surface area contributed by atoms with Crippen molar-refractivity contribution in [1.29, 1.82) is 0 Å². The summed E-state index contributed by atoms with van der Waals surface area (Å²) in [6, 6.07) is 0. The fourth-order valence-electron chi connectivity index (χ4n) is 1.42. The Balaban J connectivity index is 2.65. The van der Waals surface area contributed by atoms with Gasteiger partial charge in [0.2, 0.25) is 0 Å². The number of ether oxygens (including phenoxy) is 1. The van der Waals surface area contributed by atoms with E-state index in [0.717, 1.165) is 0 Å². The van der Waals surface area contributed by atoms with Gasteiger partial charge < -0.3 is 20.1 Å². The molecule has 0 unspecified atom stereocenters. The Hall–Kier alpha value is -2.15. The molecule has 1 heterocycles. The fourth-order valence-corrected chi connectivity index (χ4v) is 1.42. The first-order valence-corrected chi connectivity index (χ1v) is 5.60. The standard InChI is InChI=1S/C12H15NO6/c1-7-12(18)9(5-14)8(4-13-7)6-19-11(17)3-2-10(15)16/h4,14,18H,2-3,5-6H2,1H3,(H,15,16). The van der Waals surface area contributed by atoms with Gasteiger partial charge in [0.1, 0.15) is 12.4 Å². The van der Waals surface area contributed by atoms with Gasteiger partial charge in [-0.05, 0) is 6.92 Å². The van der Waals surface area contributed by atoms with E-state index in [0.29, 0.717) is 11.3 Å². The summed E-state index contributed by atoms with van der Waals surface area (Å²) in [5.74, 6) is -1.88. The molecule has 104 valence electrons. The highest BCUT2D eigenvalue weighted by molar-refractivity contribution is 5.76. The Labute approximate surface area is 109 Å². The molecule has 7 heteroatoms. The molecule has 1 aromatic heterocycles. The highest BCUT2D eigenvalue weighted by Crippen LogP contribution is 2.24. The molecule has 1 rings (SSSR count). The van der Waals surface area contributed by atoms with Crippen molar-refractivity contribution in [3.8, 4) is 5.75 Å². The van der Waals surface area contributed by atoms with Crippen LogP contribution in [-0.4, -0.2) is 32.2 Å². The smallest absolute Gasteiger partial charge is 0.306 e. The van der Waals surface area contributed by atoms with E-state index in [9.17, 15) is 14.7 Å². The molecule has 0 saturated carbocycles. The Morgan fingerprint density at radius 2 is 2.05 bits per heavy atom. The van der Waals surface area contributed by atoms with Gasteiger partial charge >= 0.3 is 11.9 Å². The summed E-state index contributed by atoms with van der Waals surface area (Å²) in [5.41, 5.74) is 0.998. The number of aliphatic hydroxyl groups is 1. The lowest BCUT2D eigenvalue weighted by Crippen LogP contribution is -2.09. The zero-order chi connectivity index (χ0) is 14.4. The third-order valence-electron chi connectivity index (χ3n) is 2.52. The van der Waals surface area contributed by atoms with E-state index in [1.54, 1.807) is 6.92 Å². The number of carbonyl (C=O) groups is 2. The Kier molecular flexibility index (Phi) is 5.25. The maximum absolute atomic E-state index is 11.2. The summed E-state index contributed by atoms with van der Waals surface area (Å²) in [7, 11) is 0. The molecule has 0 aromatic carbocycles. The number of nitrogens with zero attached hydrogens (tertiary/aromatic N) is 1. The minimum atomic E-state index is -1.08. The molecule has 0 fully saturated rings. The van der Waals surface area contributed by atoms with Gasteiger partial charge in [0.25, 0.3) is 0 Å². The van der Waals surface area contributed by atoms with Gasteiger partial charge in [-0.25, -0.2) is 0 Å². The van der Waals surface area contributed by atoms with Crippen molar-refractivity contribution in [3.05, 3.63) is 23.0 Å². The van der Waals surface area contributed by atoms with Crippen LogP contribution in [0.1, 0.15) is 29.7 Å². The van der Waals surface area contributed by atoms with Gasteiger partial charge in [0.15, 0.2) is 0 Å². The maximum atomic E-state index is 11.2. The number of carbonyl (C=O) groups excluding carboxylic acids is 1. The first kappa shape index (κ1) is 14.9. The fraction of sp³-hybridized carbons (Fsp3) is 0.417. The van der Waals surface area contributed by atoms with Gasteiger partial charge in [0, 0.05) is 17.3 Å². The van der Waals surface area contributed by atoms with E-state index >= 15 is 0 Å². The molecule has 0 atom stereocenters. The average Bonchev–Trinajstić information content (AvgIpc) is 2.37. The van der Waals surface area contributed by atoms with Crippen LogP contribution in [0.2, 0.25) is 0 Å². The van der Waals surface area contributed by atoms with Crippen molar-refractivity contribution < 1.29 is 29.6 Å². The summed E-state index contributed by atoms with van der Waals surface area (Å²) in [6.07, 6.45) is 0.864. The van der Waals surface area contributed by atoms with Crippen LogP contribution in [0.4, 0.5) is 0 Å². The van der Waals surface area contributed by atoms with Crippen molar-refractivity contribution in [3.63, 3.8) is 0 Å². The second kappa shape index (κ2) is 6.69. The van der Waals surface area contributed by atoms with Crippen LogP contribution in [0.25, 0.3) is 0 Å². The molecule has 7 nitrogen and oxygen atoms in total. The summed E-state index contributed by atoms with van der Waals surface area (Å²) in [5, 5.41) is 27.3. The maximum Gasteiger partial charge on any atom is 0.306 e. The monoisotopic (exact) mass is 269 g/mol. The number of hydrogen-bond acceptors (Lipinski definition) is 6. The number of aryl methyl sites for hydroxylation is 1. The molecule has 0 bridgehead atoms. The van der Waals surface area contributed by atoms with E-state index in [-0.39, 0.29) is 30.8 Å². The minimum Gasteiger partial charge on any atom is -0.506 e. The second-order valence-electron chi connectivity index (χ2n) is 3.91. The number of carboxylic acid groups (broad SMARTS) is 1. The predicted molar refractivity (Wildman–Crippen MR) is 63.2 cm³/mol. The molecule has 0 aliphatic rings. The highest BCUT2D eigenvalue weighted by atomic mass is 16.5. The number of pyridine rings is 1. The summed E-state index contributed by atoms with van der Waals surface area (Å²) < 4.78 is 4.85. The van der Waals surface area contributed by atoms with Crippen molar-refractivity contribution in [2.24, 2.45) is 0 Å². The van der Waals surface area contributed by atoms with Crippen LogP contribution in [0.15, 0.2) is 6.20 Å². The SMILES string of the molecule is Cc1ncc(COC(=O)CCC(=O)O)c(CO)c1O. The lowest BCUT2D eigenvalue weighted by atomic mass is 10.1. The summed E-state index contributed by atoms with van der Waals surface area (Å²) >= 11 is 0. The van der Waals surface area contributed by atoms with Crippen LogP contribution in [0.3, 0.4) is 0 Å². The van der Waals surface area contributed by atoms with Gasteiger partial charge in [-0.3, -0.25) is 14.6 Å². The Bertz CT molecular complexity index is 485. The number of aromatic nitrogens is 1. The van der Waals surface area contributed by atoms with Crippen LogP contribution in [-0.2, 0) is 27.5 Å². The zero-order valence-corrected chi connectivity index (χ0v) is 10.4. The van der Waals surface area contributed by atoms with E-state index in [1.807, 2.05) is 0 Å². The second-order valence-corrected chi connectivity index (χ2v) is 3.91. The van der Waals surface area contributed by atoms with Crippen LogP contribution < -0.4 is 0 Å². The van der Waals surface area contributed by atoms with Crippen molar-refractivity contribution >= 4 is 11.9 Å². The van der Waals surface area contributed by atoms with Crippen LogP contribution in [0.5, 0.6) is 5.75 Å². The van der Waals surface area contributed by atoms with Crippen molar-refractivity contribution in [2.45, 2.75) is 33.0 Å². The Morgan fingerprint density at radius 1 is 1.37 bits per heavy atom. The number of esters is 1. The van der Waals surface area contributed by atoms with Crippen LogP contribution >= 0.6 is 0 Å². The largest absolute Gasteiger partial charge is 0.506 e. The lowest BCUT2D eigenvalue weighted by molar-refractivity contribution is -0.148. The summed E-state index contributed by atoms with van der Waals surface area (Å²) in [6.45, 7) is 1.00. The molecule has 0 aliphatic heterocycles.